The van der Waals surface area contributed by atoms with Gasteiger partial charge in [-0.2, -0.15) is 0 Å². The van der Waals surface area contributed by atoms with E-state index >= 15 is 0 Å². The molecule has 0 fully saturated rings. The highest BCUT2D eigenvalue weighted by atomic mass is 32.1. The molecule has 0 spiro atoms. The Hall–Kier alpha value is -5.76. The fourth-order valence-corrected chi connectivity index (χ4v) is 9.03. The Kier molecular flexibility index (Phi) is 5.85. The van der Waals surface area contributed by atoms with Gasteiger partial charge in [0.15, 0.2) is 0 Å². The zero-order valence-electron chi connectivity index (χ0n) is 25.6. The van der Waals surface area contributed by atoms with Gasteiger partial charge >= 0.3 is 0 Å². The fourth-order valence-electron chi connectivity index (χ4n) is 7.65. The molecule has 1 aromatic heterocycles. The number of hydrogen-bond acceptors (Lipinski definition) is 1. The first-order valence-corrected chi connectivity index (χ1v) is 17.0. The van der Waals surface area contributed by atoms with Crippen LogP contribution in [0.5, 0.6) is 0 Å². The zero-order valence-corrected chi connectivity index (χ0v) is 26.4. The molecule has 0 saturated carbocycles. The van der Waals surface area contributed by atoms with Gasteiger partial charge in [0.25, 0.3) is 0 Å². The highest BCUT2D eigenvalue weighted by Crippen LogP contribution is 2.45. The van der Waals surface area contributed by atoms with E-state index in [1.165, 1.54) is 96.6 Å². The number of fused-ring (bicyclic) bond motifs is 9. The highest BCUT2D eigenvalue weighted by molar-refractivity contribution is 7.27. The third-order valence-electron chi connectivity index (χ3n) is 9.85. The molecule has 47 heavy (non-hydrogen) atoms. The van der Waals surface area contributed by atoms with E-state index in [1.54, 1.807) is 0 Å². The maximum atomic E-state index is 2.35. The van der Waals surface area contributed by atoms with Crippen LogP contribution in [0.25, 0.3) is 96.6 Å². The van der Waals surface area contributed by atoms with Gasteiger partial charge in [0.05, 0.1) is 0 Å². The minimum Gasteiger partial charge on any atom is -0.134 e. The number of benzene rings is 9. The molecular weight excluding hydrogens is 585 g/mol. The first-order valence-electron chi connectivity index (χ1n) is 16.2. The van der Waals surface area contributed by atoms with Crippen LogP contribution >= 0.6 is 11.3 Å². The molecule has 0 atom stereocenters. The second-order valence-corrected chi connectivity index (χ2v) is 13.4. The van der Waals surface area contributed by atoms with Crippen LogP contribution in [0.3, 0.4) is 0 Å². The van der Waals surface area contributed by atoms with Crippen molar-refractivity contribution in [2.24, 2.45) is 0 Å². The van der Waals surface area contributed by atoms with Crippen LogP contribution in [0.15, 0.2) is 170 Å². The summed E-state index contributed by atoms with van der Waals surface area (Å²) in [5, 5.41) is 13.1. The molecule has 0 unspecified atom stereocenters. The average Bonchev–Trinajstić information content (AvgIpc) is 3.54. The van der Waals surface area contributed by atoms with Crippen molar-refractivity contribution in [1.29, 1.82) is 0 Å². The van der Waals surface area contributed by atoms with Gasteiger partial charge in [-0.1, -0.05) is 164 Å². The second-order valence-electron chi connectivity index (χ2n) is 12.4. The van der Waals surface area contributed by atoms with E-state index < -0.39 is 0 Å². The molecule has 0 N–H and O–H groups in total. The highest BCUT2D eigenvalue weighted by Gasteiger charge is 2.17. The van der Waals surface area contributed by atoms with E-state index in [0.29, 0.717) is 0 Å². The number of rotatable bonds is 3. The smallest absolute Gasteiger partial charge is 0.0434 e. The molecule has 0 amide bonds. The Morgan fingerprint density at radius 1 is 0.255 bits per heavy atom. The van der Waals surface area contributed by atoms with Crippen LogP contribution in [0.2, 0.25) is 0 Å². The van der Waals surface area contributed by atoms with E-state index in [9.17, 15) is 0 Å². The van der Waals surface area contributed by atoms with Crippen molar-refractivity contribution in [3.8, 4) is 33.4 Å². The lowest BCUT2D eigenvalue weighted by atomic mass is 9.85. The van der Waals surface area contributed by atoms with Crippen molar-refractivity contribution >= 4 is 74.6 Å². The van der Waals surface area contributed by atoms with E-state index in [4.69, 9.17) is 0 Å². The van der Waals surface area contributed by atoms with Gasteiger partial charge in [0.2, 0.25) is 0 Å². The van der Waals surface area contributed by atoms with Gasteiger partial charge in [0.1, 0.15) is 0 Å². The molecule has 0 aliphatic rings. The Balaban J connectivity index is 1.10. The first kappa shape index (κ1) is 26.5. The zero-order chi connectivity index (χ0) is 30.9. The molecule has 0 radical (unpaired) electrons. The Morgan fingerprint density at radius 3 is 1.30 bits per heavy atom. The van der Waals surface area contributed by atoms with Crippen LogP contribution in [-0.4, -0.2) is 0 Å². The van der Waals surface area contributed by atoms with E-state index in [1.807, 2.05) is 11.3 Å². The summed E-state index contributed by atoms with van der Waals surface area (Å²) < 4.78 is 2.75. The largest absolute Gasteiger partial charge is 0.134 e. The molecule has 1 heterocycles. The van der Waals surface area contributed by atoms with Crippen LogP contribution in [-0.2, 0) is 0 Å². The van der Waals surface area contributed by atoms with Gasteiger partial charge in [-0.3, -0.25) is 0 Å². The van der Waals surface area contributed by atoms with Crippen molar-refractivity contribution in [2.45, 2.75) is 0 Å². The summed E-state index contributed by atoms with van der Waals surface area (Å²) in [6.45, 7) is 0. The van der Waals surface area contributed by atoms with Gasteiger partial charge in [-0.25, -0.2) is 0 Å². The summed E-state index contributed by atoms with van der Waals surface area (Å²) in [5.74, 6) is 0. The minimum absolute atomic E-state index is 1.23. The normalized spacial score (nSPS) is 11.8. The monoisotopic (exact) mass is 612 g/mol. The van der Waals surface area contributed by atoms with Crippen LogP contribution in [0.1, 0.15) is 0 Å². The molecule has 9 aromatic carbocycles. The summed E-state index contributed by atoms with van der Waals surface area (Å²) in [6, 6.07) is 62.5. The molecule has 0 saturated heterocycles. The second kappa shape index (κ2) is 10.4. The maximum Gasteiger partial charge on any atom is 0.0434 e. The van der Waals surface area contributed by atoms with E-state index in [0.717, 1.165) is 0 Å². The lowest BCUT2D eigenvalue weighted by Gasteiger charge is -2.18. The topological polar surface area (TPSA) is 0 Å². The Labute approximate surface area is 276 Å². The van der Waals surface area contributed by atoms with Crippen molar-refractivity contribution in [2.75, 3.05) is 0 Å². The molecule has 1 heteroatoms. The predicted octanol–water partition coefficient (Wildman–Crippen LogP) is 13.7. The Bertz CT molecular complexity index is 2760. The minimum atomic E-state index is 1.23. The van der Waals surface area contributed by atoms with Crippen molar-refractivity contribution in [1.82, 2.24) is 0 Å². The molecular formula is C46H28S. The summed E-state index contributed by atoms with van der Waals surface area (Å²) >= 11 is 1.92. The van der Waals surface area contributed by atoms with Crippen LogP contribution < -0.4 is 0 Å². The fraction of sp³-hybridized carbons (Fsp3) is 0. The van der Waals surface area contributed by atoms with Gasteiger partial charge < -0.3 is 0 Å². The summed E-state index contributed by atoms with van der Waals surface area (Å²) in [4.78, 5) is 0. The molecule has 0 bridgehead atoms. The van der Waals surface area contributed by atoms with Crippen LogP contribution in [0, 0.1) is 0 Å². The molecule has 10 aromatic rings. The van der Waals surface area contributed by atoms with Crippen molar-refractivity contribution < 1.29 is 0 Å². The first-order chi connectivity index (χ1) is 23.3. The lowest BCUT2D eigenvalue weighted by Crippen LogP contribution is -1.90. The standard InChI is InChI=1S/C46H28S/c1-2-11-31(12-3-1)43-37-14-6-8-16-39(37)44(40-17-9-7-15-38(40)43)32-20-18-29(19-21-32)33-23-25-36-34(28-33)24-27-42-41-26-22-30-10-4-5-13-35(30)45(41)47-46(36)42/h1-28H. The van der Waals surface area contributed by atoms with E-state index in [2.05, 4.69) is 170 Å². The van der Waals surface area contributed by atoms with E-state index in [-0.39, 0.29) is 0 Å². The average molecular weight is 613 g/mol. The summed E-state index contributed by atoms with van der Waals surface area (Å²) in [7, 11) is 0. The molecule has 0 aliphatic heterocycles. The third-order valence-corrected chi connectivity index (χ3v) is 11.1. The summed E-state index contributed by atoms with van der Waals surface area (Å²) in [5.41, 5.74) is 7.55. The number of hydrogen-bond donors (Lipinski definition) is 0. The van der Waals surface area contributed by atoms with Crippen molar-refractivity contribution in [3.63, 3.8) is 0 Å². The molecule has 0 nitrogen and oxygen atoms in total. The maximum absolute atomic E-state index is 2.35. The lowest BCUT2D eigenvalue weighted by molar-refractivity contribution is 1.63. The van der Waals surface area contributed by atoms with Crippen molar-refractivity contribution in [3.05, 3.63) is 170 Å². The molecule has 0 aliphatic carbocycles. The predicted molar refractivity (Wildman–Crippen MR) is 206 cm³/mol. The quantitative estimate of drug-likeness (QED) is 0.174. The third kappa shape index (κ3) is 4.07. The van der Waals surface area contributed by atoms with Gasteiger partial charge in [-0.15, -0.1) is 11.3 Å². The molecule has 10 rings (SSSR count). The van der Waals surface area contributed by atoms with Gasteiger partial charge in [-0.05, 0) is 82.5 Å². The molecule has 218 valence electrons. The Morgan fingerprint density at radius 2 is 0.681 bits per heavy atom. The number of thiophene rings is 1. The summed E-state index contributed by atoms with van der Waals surface area (Å²) in [6.07, 6.45) is 0. The van der Waals surface area contributed by atoms with Crippen LogP contribution in [0.4, 0.5) is 0 Å². The SMILES string of the molecule is c1ccc(-c2c3ccccc3c(-c3ccc(-c4ccc5c(ccc6c7ccc8ccccc8c7sc56)c4)cc3)c3ccccc23)cc1. The van der Waals surface area contributed by atoms with Gasteiger partial charge in [0, 0.05) is 20.2 Å².